The van der Waals surface area contributed by atoms with Crippen molar-refractivity contribution in [3.63, 3.8) is 0 Å². The number of aliphatic hydroxyl groups excluding tert-OH is 3. The number of rotatable bonds is 56. The number of hydrogen-bond acceptors (Lipinski definition) is 23. The van der Waals surface area contributed by atoms with E-state index in [-0.39, 0.29) is 71.3 Å². The van der Waals surface area contributed by atoms with E-state index in [9.17, 15) is 44.1 Å². The minimum Gasteiger partial charge on any atom is -0.465 e. The van der Waals surface area contributed by atoms with Crippen LogP contribution in [0.5, 0.6) is 0 Å². The van der Waals surface area contributed by atoms with Gasteiger partial charge in [-0.3, -0.25) is 29.0 Å². The van der Waals surface area contributed by atoms with Crippen molar-refractivity contribution in [2.45, 2.75) is 209 Å². The predicted octanol–water partition coefficient (Wildman–Crippen LogP) is 6.97. The summed E-state index contributed by atoms with van der Waals surface area (Å²) in [7, 11) is 0. The van der Waals surface area contributed by atoms with Crippen molar-refractivity contribution in [2.75, 3.05) is 140 Å². The van der Waals surface area contributed by atoms with E-state index < -0.39 is 53.8 Å². The zero-order chi connectivity index (χ0) is 65.4. The van der Waals surface area contributed by atoms with Gasteiger partial charge in [0.15, 0.2) is 0 Å². The summed E-state index contributed by atoms with van der Waals surface area (Å²) in [6.45, 7) is 33.8. The first kappa shape index (κ1) is 84.2. The zero-order valence-corrected chi connectivity index (χ0v) is 58.3. The number of nitrogens with one attached hydrogen (secondary N) is 4. The van der Waals surface area contributed by atoms with Crippen LogP contribution in [0.2, 0.25) is 0 Å². The van der Waals surface area contributed by atoms with Crippen LogP contribution in [0, 0.1) is 11.3 Å². The fourth-order valence-electron chi connectivity index (χ4n) is 8.35. The van der Waals surface area contributed by atoms with Crippen LogP contribution in [0.4, 0.5) is 9.59 Å². The number of esters is 4. The van der Waals surface area contributed by atoms with Gasteiger partial charge >= 0.3 is 36.1 Å². The lowest BCUT2D eigenvalue weighted by Crippen LogP contribution is -2.43. The molecular formula is C62H121N7O15S3. The summed E-state index contributed by atoms with van der Waals surface area (Å²) in [6.07, 6.45) is 1.07. The molecule has 512 valence electrons. The predicted molar refractivity (Wildman–Crippen MR) is 353 cm³/mol. The molecule has 0 rings (SSSR count). The summed E-state index contributed by atoms with van der Waals surface area (Å²) in [6, 6.07) is 1.81. The molecule has 0 aliphatic rings. The molecule has 0 aromatic rings. The Labute approximate surface area is 537 Å². The third kappa shape index (κ3) is 49.5. The Balaban J connectivity index is 5.11. The normalized spacial score (nSPS) is 13.7. The molecule has 7 N–H and O–H groups in total. The maximum absolute atomic E-state index is 13.0. The van der Waals surface area contributed by atoms with Crippen molar-refractivity contribution >= 4 is 71.3 Å². The van der Waals surface area contributed by atoms with Crippen molar-refractivity contribution < 1.29 is 72.5 Å². The van der Waals surface area contributed by atoms with Crippen LogP contribution < -0.4 is 21.3 Å². The van der Waals surface area contributed by atoms with Crippen molar-refractivity contribution in [3.05, 3.63) is 0 Å². The molecular weight excluding hydrogens is 1180 g/mol. The smallest absolute Gasteiger partial charge is 0.407 e. The standard InChI is InChI=1S/C62H121N7O15S3/c1-14-62(44-82-57(74)22-38-85-35-19-53(70)41-79-56(73)18-16-30-67(50(8)9)29-15-17-47(2)3,45-83-58(75)23-39-86-36-20-54(71)42-80-60(77)65-27-33-68(51(10)11)31-25-63-48(4)5)46-84-59(76)24-40-87-37-21-55(72)43-81-61(78)66-28-34-69(52(12)13)32-26-64-49(6)7/h47-55,63-64,70-72H,14-46H2,1-13H3,(H,65,77)(H,66,78). The molecule has 22 nitrogen and oxygen atoms in total. The summed E-state index contributed by atoms with van der Waals surface area (Å²) in [5, 5.41) is 43.7. The Bertz CT molecular complexity index is 1600. The maximum Gasteiger partial charge on any atom is 0.407 e. The summed E-state index contributed by atoms with van der Waals surface area (Å²) in [5.41, 5.74) is -1.04. The fourth-order valence-corrected chi connectivity index (χ4v) is 11.2. The molecule has 0 bridgehead atoms. The highest BCUT2D eigenvalue weighted by Crippen LogP contribution is 2.26. The number of alkyl carbamates (subject to hydrolysis) is 2. The molecule has 0 aromatic carbocycles. The van der Waals surface area contributed by atoms with Crippen LogP contribution >= 0.6 is 35.3 Å². The second-order valence-corrected chi connectivity index (χ2v) is 27.9. The van der Waals surface area contributed by atoms with Gasteiger partial charge in [-0.1, -0.05) is 48.5 Å². The van der Waals surface area contributed by atoms with E-state index in [1.54, 1.807) is 0 Å². The summed E-state index contributed by atoms with van der Waals surface area (Å²) in [5.74, 6) is 1.59. The molecule has 2 amide bonds. The van der Waals surface area contributed by atoms with Crippen LogP contribution in [-0.2, 0) is 47.6 Å². The lowest BCUT2D eigenvalue weighted by Gasteiger charge is -2.31. The fraction of sp³-hybridized carbons (Fsp3) is 0.903. The van der Waals surface area contributed by atoms with Crippen LogP contribution in [0.15, 0.2) is 0 Å². The van der Waals surface area contributed by atoms with E-state index in [1.165, 1.54) is 41.7 Å². The highest BCUT2D eigenvalue weighted by Gasteiger charge is 2.34. The highest BCUT2D eigenvalue weighted by molar-refractivity contribution is 7.99. The van der Waals surface area contributed by atoms with Crippen molar-refractivity contribution in [1.82, 2.24) is 36.0 Å². The van der Waals surface area contributed by atoms with E-state index in [2.05, 4.69) is 119 Å². The third-order valence-electron chi connectivity index (χ3n) is 14.2. The molecule has 0 aliphatic heterocycles. The van der Waals surface area contributed by atoms with Gasteiger partial charge in [-0.05, 0) is 123 Å². The molecule has 0 radical (unpaired) electrons. The second kappa shape index (κ2) is 52.7. The monoisotopic (exact) mass is 1300 g/mol. The van der Waals surface area contributed by atoms with E-state index in [4.69, 9.17) is 28.4 Å². The first-order valence-corrected chi connectivity index (χ1v) is 35.6. The van der Waals surface area contributed by atoms with Crippen molar-refractivity contribution in [1.29, 1.82) is 0 Å². The lowest BCUT2D eigenvalue weighted by molar-refractivity contribution is -0.162. The zero-order valence-electron chi connectivity index (χ0n) is 55.8. The molecule has 0 saturated heterocycles. The Morgan fingerprint density at radius 2 is 0.747 bits per heavy atom. The Morgan fingerprint density at radius 1 is 0.414 bits per heavy atom. The molecule has 0 aromatic heterocycles. The van der Waals surface area contributed by atoms with Gasteiger partial charge in [-0.25, -0.2) is 9.59 Å². The number of amides is 2. The van der Waals surface area contributed by atoms with Gasteiger partial charge in [-0.15, -0.1) is 0 Å². The topological polar surface area (TPSA) is 276 Å². The SMILES string of the molecule is CCC(COC(=O)CCSCCC(O)COC(=O)CCCN(CCCC(C)C)C(C)C)(COC(=O)CCSCCC(O)COC(=O)NCCN(CCNC(C)C)C(C)C)COC(=O)CCSCCC(O)COC(=O)NCCN(CCNC(C)C)C(C)C. The third-order valence-corrected chi connectivity index (χ3v) is 17.3. The van der Waals surface area contributed by atoms with Crippen LogP contribution in [0.1, 0.15) is 161 Å². The van der Waals surface area contributed by atoms with E-state index in [1.807, 2.05) is 6.92 Å². The summed E-state index contributed by atoms with van der Waals surface area (Å²) < 4.78 is 32.9. The van der Waals surface area contributed by atoms with Crippen molar-refractivity contribution in [2.24, 2.45) is 11.3 Å². The maximum atomic E-state index is 13.0. The molecule has 3 atom stereocenters. The van der Waals surface area contributed by atoms with E-state index in [0.29, 0.717) is 129 Å². The quantitative estimate of drug-likeness (QED) is 0.0184. The van der Waals surface area contributed by atoms with Crippen LogP contribution in [-0.4, -0.2) is 254 Å². The minimum atomic E-state index is -1.04. The Kier molecular flexibility index (Phi) is 51.0. The van der Waals surface area contributed by atoms with Crippen LogP contribution in [0.3, 0.4) is 0 Å². The lowest BCUT2D eigenvalue weighted by atomic mass is 9.88. The molecule has 0 fully saturated rings. The molecule has 0 spiro atoms. The Morgan fingerprint density at radius 3 is 1.09 bits per heavy atom. The van der Waals surface area contributed by atoms with Gasteiger partial charge in [0, 0.05) is 106 Å². The first-order chi connectivity index (χ1) is 41.3. The number of hydrogen-bond donors (Lipinski definition) is 7. The summed E-state index contributed by atoms with van der Waals surface area (Å²) >= 11 is 4.33. The van der Waals surface area contributed by atoms with Gasteiger partial charge in [0.05, 0.1) is 43.0 Å². The minimum absolute atomic E-state index is 0.0595. The molecule has 87 heavy (non-hydrogen) atoms. The number of nitrogens with zero attached hydrogens (tertiary/aromatic N) is 3. The largest absolute Gasteiger partial charge is 0.465 e. The van der Waals surface area contributed by atoms with Gasteiger partial charge in [0.2, 0.25) is 0 Å². The number of carbonyl (C=O) groups is 6. The van der Waals surface area contributed by atoms with E-state index in [0.717, 1.165) is 45.7 Å². The first-order valence-electron chi connectivity index (χ1n) is 32.2. The summed E-state index contributed by atoms with van der Waals surface area (Å²) in [4.78, 5) is 83.0. The average Bonchev–Trinajstić information content (AvgIpc) is 3.57. The van der Waals surface area contributed by atoms with Gasteiger partial charge in [0.1, 0.15) is 39.6 Å². The molecule has 0 heterocycles. The molecule has 0 saturated carbocycles. The number of ether oxygens (including phenoxy) is 6. The second-order valence-electron chi connectivity index (χ2n) is 24.2. The molecule has 0 aliphatic carbocycles. The molecule has 3 unspecified atom stereocenters. The van der Waals surface area contributed by atoms with Crippen LogP contribution in [0.25, 0.3) is 0 Å². The number of aliphatic hydroxyl groups is 3. The van der Waals surface area contributed by atoms with Gasteiger partial charge in [-0.2, -0.15) is 35.3 Å². The van der Waals surface area contributed by atoms with Gasteiger partial charge in [0.25, 0.3) is 0 Å². The highest BCUT2D eigenvalue weighted by atomic mass is 32.2. The molecule has 25 heteroatoms. The van der Waals surface area contributed by atoms with Gasteiger partial charge < -0.3 is 69.9 Å². The Hall–Kier alpha value is -2.85. The van der Waals surface area contributed by atoms with Crippen molar-refractivity contribution in [3.8, 4) is 0 Å². The average molecular weight is 1300 g/mol. The number of carbonyl (C=O) groups excluding carboxylic acids is 6. The number of thioether (sulfide) groups is 3. The van der Waals surface area contributed by atoms with E-state index >= 15 is 0 Å².